The number of nitrogens with two attached hydrogens (primary N) is 1. The zero-order chi connectivity index (χ0) is 22.7. The molecule has 0 spiro atoms. The molecule has 8 nitrogen and oxygen atoms in total. The molecular formula is C21H15Cl2N3O5. The van der Waals surface area contributed by atoms with Gasteiger partial charge >= 0.3 is 5.97 Å². The van der Waals surface area contributed by atoms with E-state index >= 15 is 0 Å². The maximum absolute atomic E-state index is 13.0. The Bertz CT molecular complexity index is 1180. The molecule has 1 aliphatic rings. The Kier molecular flexibility index (Phi) is 6.49. The molecule has 0 radical (unpaired) electrons. The fourth-order valence-electron chi connectivity index (χ4n) is 3.20. The van der Waals surface area contributed by atoms with Crippen LogP contribution in [-0.4, -0.2) is 17.5 Å². The Morgan fingerprint density at radius 1 is 1.32 bits per heavy atom. The van der Waals surface area contributed by atoms with Crippen molar-refractivity contribution in [1.82, 2.24) is 0 Å². The molecule has 2 N–H and O–H groups in total. The van der Waals surface area contributed by atoms with E-state index in [0.29, 0.717) is 10.6 Å². The molecule has 0 saturated carbocycles. The molecule has 2 aromatic carbocycles. The van der Waals surface area contributed by atoms with Crippen LogP contribution in [0.1, 0.15) is 24.0 Å². The summed E-state index contributed by atoms with van der Waals surface area (Å²) in [6, 6.07) is 12.0. The third-order valence-corrected chi connectivity index (χ3v) is 5.07. The van der Waals surface area contributed by atoms with Crippen molar-refractivity contribution in [2.45, 2.75) is 12.8 Å². The SMILES string of the molecule is CCOC(=O)C1=C(c2cccc([N+](=O)[O-])c2)OC(N)=C(C#N)C1c1ccc(Cl)cc1Cl. The monoisotopic (exact) mass is 459 g/mol. The molecule has 1 heterocycles. The maximum atomic E-state index is 13.0. The second kappa shape index (κ2) is 9.08. The summed E-state index contributed by atoms with van der Waals surface area (Å²) in [6.45, 7) is 1.67. The Labute approximate surface area is 187 Å². The van der Waals surface area contributed by atoms with E-state index in [1.807, 2.05) is 6.07 Å². The first-order valence-electron chi connectivity index (χ1n) is 8.97. The second-order valence-corrected chi connectivity index (χ2v) is 7.20. The Hall–Kier alpha value is -3.54. The van der Waals surface area contributed by atoms with Gasteiger partial charge in [-0.2, -0.15) is 5.26 Å². The van der Waals surface area contributed by atoms with Gasteiger partial charge in [-0.1, -0.05) is 41.4 Å². The van der Waals surface area contributed by atoms with Gasteiger partial charge in [0.05, 0.1) is 23.0 Å². The van der Waals surface area contributed by atoms with Gasteiger partial charge in [0.1, 0.15) is 17.4 Å². The zero-order valence-electron chi connectivity index (χ0n) is 16.1. The fraction of sp³-hybridized carbons (Fsp3) is 0.143. The van der Waals surface area contributed by atoms with E-state index in [-0.39, 0.29) is 45.7 Å². The number of carbonyl (C=O) groups excluding carboxylic acids is 1. The number of carbonyl (C=O) groups is 1. The van der Waals surface area contributed by atoms with Crippen LogP contribution in [0.5, 0.6) is 0 Å². The number of esters is 1. The molecule has 0 saturated heterocycles. The lowest BCUT2D eigenvalue weighted by atomic mass is 9.82. The molecule has 31 heavy (non-hydrogen) atoms. The normalized spacial score (nSPS) is 15.9. The minimum absolute atomic E-state index is 0.0483. The highest BCUT2D eigenvalue weighted by Gasteiger charge is 2.39. The summed E-state index contributed by atoms with van der Waals surface area (Å²) >= 11 is 12.4. The van der Waals surface area contributed by atoms with Gasteiger partial charge in [-0.25, -0.2) is 4.79 Å². The number of halogens is 2. The molecule has 3 rings (SSSR count). The van der Waals surface area contributed by atoms with Crippen LogP contribution >= 0.6 is 23.2 Å². The van der Waals surface area contributed by atoms with Crippen molar-refractivity contribution in [3.05, 3.63) is 90.8 Å². The largest absolute Gasteiger partial charge is 0.463 e. The summed E-state index contributed by atoms with van der Waals surface area (Å²) in [4.78, 5) is 23.6. The number of rotatable bonds is 5. The predicted octanol–water partition coefficient (Wildman–Crippen LogP) is 4.68. The van der Waals surface area contributed by atoms with Crippen molar-refractivity contribution in [3.8, 4) is 6.07 Å². The molecule has 0 bridgehead atoms. The second-order valence-electron chi connectivity index (χ2n) is 6.36. The van der Waals surface area contributed by atoms with E-state index in [9.17, 15) is 20.2 Å². The molecule has 1 atom stereocenters. The first-order valence-corrected chi connectivity index (χ1v) is 9.72. The summed E-state index contributed by atoms with van der Waals surface area (Å²) in [6.07, 6.45) is 0. The highest BCUT2D eigenvalue weighted by atomic mass is 35.5. The number of nitro benzene ring substituents is 1. The Morgan fingerprint density at radius 2 is 2.06 bits per heavy atom. The smallest absolute Gasteiger partial charge is 0.338 e. The standard InChI is InChI=1S/C21H15Cl2N3O5/c1-2-30-21(27)18-17(14-7-6-12(22)9-16(14)23)15(10-24)20(25)31-19(18)11-4-3-5-13(8-11)26(28)29/h3-9,17H,2,25H2,1H3. The summed E-state index contributed by atoms with van der Waals surface area (Å²) in [7, 11) is 0. The molecule has 0 amide bonds. The van der Waals surface area contributed by atoms with Gasteiger partial charge in [0.25, 0.3) is 5.69 Å². The third kappa shape index (κ3) is 4.33. The number of nitrogens with zero attached hydrogens (tertiary/aromatic N) is 2. The Morgan fingerprint density at radius 3 is 2.68 bits per heavy atom. The van der Waals surface area contributed by atoms with E-state index in [1.165, 1.54) is 30.3 Å². The average Bonchev–Trinajstić information content (AvgIpc) is 2.73. The van der Waals surface area contributed by atoms with Gasteiger partial charge in [-0.05, 0) is 24.6 Å². The minimum Gasteiger partial charge on any atom is -0.463 e. The van der Waals surface area contributed by atoms with Crippen LogP contribution in [0.4, 0.5) is 5.69 Å². The van der Waals surface area contributed by atoms with E-state index in [4.69, 9.17) is 38.4 Å². The lowest BCUT2D eigenvalue weighted by Gasteiger charge is -2.28. The van der Waals surface area contributed by atoms with Crippen molar-refractivity contribution in [2.24, 2.45) is 5.73 Å². The number of allylic oxidation sites excluding steroid dienone is 1. The number of hydrogen-bond acceptors (Lipinski definition) is 7. The number of nitro groups is 1. The number of hydrogen-bond donors (Lipinski definition) is 1. The molecule has 0 aromatic heterocycles. The summed E-state index contributed by atoms with van der Waals surface area (Å²) in [5.74, 6) is -2.13. The molecule has 2 aromatic rings. The van der Waals surface area contributed by atoms with Gasteiger partial charge in [-0.15, -0.1) is 0 Å². The predicted molar refractivity (Wildman–Crippen MR) is 114 cm³/mol. The molecule has 0 fully saturated rings. The van der Waals surface area contributed by atoms with Crippen LogP contribution in [0.25, 0.3) is 5.76 Å². The number of benzene rings is 2. The number of ether oxygens (including phenoxy) is 2. The van der Waals surface area contributed by atoms with Crippen molar-refractivity contribution < 1.29 is 19.2 Å². The molecule has 1 aliphatic heterocycles. The van der Waals surface area contributed by atoms with Gasteiger partial charge in [0.15, 0.2) is 0 Å². The van der Waals surface area contributed by atoms with Crippen LogP contribution in [0, 0.1) is 21.4 Å². The summed E-state index contributed by atoms with van der Waals surface area (Å²) in [5.41, 5.74) is 6.27. The molecule has 10 heteroatoms. The lowest BCUT2D eigenvalue weighted by Crippen LogP contribution is -2.26. The first-order chi connectivity index (χ1) is 14.8. The number of nitriles is 1. The summed E-state index contributed by atoms with van der Waals surface area (Å²) < 4.78 is 10.8. The fourth-order valence-corrected chi connectivity index (χ4v) is 3.72. The Balaban J connectivity index is 2.34. The maximum Gasteiger partial charge on any atom is 0.338 e. The quantitative estimate of drug-likeness (QED) is 0.390. The molecule has 158 valence electrons. The van der Waals surface area contributed by atoms with Crippen LogP contribution in [-0.2, 0) is 14.3 Å². The van der Waals surface area contributed by atoms with E-state index in [1.54, 1.807) is 19.1 Å². The highest BCUT2D eigenvalue weighted by molar-refractivity contribution is 6.35. The summed E-state index contributed by atoms with van der Waals surface area (Å²) in [5, 5.41) is 21.5. The van der Waals surface area contributed by atoms with Crippen LogP contribution in [0.15, 0.2) is 59.5 Å². The van der Waals surface area contributed by atoms with Crippen LogP contribution in [0.2, 0.25) is 10.0 Å². The van der Waals surface area contributed by atoms with E-state index < -0.39 is 16.8 Å². The minimum atomic E-state index is -1.03. The van der Waals surface area contributed by atoms with Crippen molar-refractivity contribution in [1.29, 1.82) is 5.26 Å². The van der Waals surface area contributed by atoms with E-state index in [0.717, 1.165) is 0 Å². The topological polar surface area (TPSA) is 128 Å². The van der Waals surface area contributed by atoms with Gasteiger partial charge in [0, 0.05) is 27.7 Å². The molecule has 0 aliphatic carbocycles. The first kappa shape index (κ1) is 22.2. The molecular weight excluding hydrogens is 445 g/mol. The van der Waals surface area contributed by atoms with Gasteiger partial charge in [-0.3, -0.25) is 10.1 Å². The van der Waals surface area contributed by atoms with Crippen molar-refractivity contribution in [2.75, 3.05) is 6.61 Å². The van der Waals surface area contributed by atoms with Gasteiger partial charge < -0.3 is 15.2 Å². The molecule has 1 unspecified atom stereocenters. The number of non-ortho nitro benzene ring substituents is 1. The van der Waals surface area contributed by atoms with Crippen LogP contribution < -0.4 is 5.73 Å². The van der Waals surface area contributed by atoms with Gasteiger partial charge in [0.2, 0.25) is 5.88 Å². The third-order valence-electron chi connectivity index (χ3n) is 4.51. The van der Waals surface area contributed by atoms with Crippen molar-refractivity contribution in [3.63, 3.8) is 0 Å². The zero-order valence-corrected chi connectivity index (χ0v) is 17.6. The average molecular weight is 460 g/mol. The van der Waals surface area contributed by atoms with Crippen LogP contribution in [0.3, 0.4) is 0 Å². The van der Waals surface area contributed by atoms with Crippen molar-refractivity contribution >= 4 is 40.6 Å². The lowest BCUT2D eigenvalue weighted by molar-refractivity contribution is -0.384. The van der Waals surface area contributed by atoms with E-state index in [2.05, 4.69) is 0 Å². The highest BCUT2D eigenvalue weighted by Crippen LogP contribution is 2.45.